The predicted octanol–water partition coefficient (Wildman–Crippen LogP) is 1.19. The molecule has 0 aliphatic rings. The maximum atomic E-state index is 12.8. The minimum Gasteiger partial charge on any atom is -0.331 e. The molecule has 5 heteroatoms. The molecule has 0 radical (unpaired) electrons. The van der Waals surface area contributed by atoms with Crippen molar-refractivity contribution in [2.75, 3.05) is 0 Å². The van der Waals surface area contributed by atoms with Gasteiger partial charge in [0.25, 0.3) is 0 Å². The van der Waals surface area contributed by atoms with Crippen LogP contribution in [0.5, 0.6) is 0 Å². The van der Waals surface area contributed by atoms with E-state index in [1.807, 2.05) is 7.05 Å². The lowest BCUT2D eigenvalue weighted by Gasteiger charge is -2.00. The number of hydroxylamine groups is 1. The van der Waals surface area contributed by atoms with E-state index in [-0.39, 0.29) is 5.82 Å². The highest BCUT2D eigenvalue weighted by atomic mass is 19.1. The number of nitrogens with zero attached hydrogens (tertiary/aromatic N) is 2. The Hall–Kier alpha value is -1.46. The van der Waals surface area contributed by atoms with Gasteiger partial charge in [-0.15, -0.1) is 0 Å². The van der Waals surface area contributed by atoms with Crippen molar-refractivity contribution < 1.29 is 9.60 Å². The Labute approximate surface area is 79.9 Å². The van der Waals surface area contributed by atoms with Crippen LogP contribution in [-0.2, 0) is 13.6 Å². The Morgan fingerprint density at radius 1 is 1.57 bits per heavy atom. The summed E-state index contributed by atoms with van der Waals surface area (Å²) in [5, 5.41) is 9.30. The monoisotopic (exact) mass is 195 g/mol. The van der Waals surface area contributed by atoms with Crippen LogP contribution < -0.4 is 5.48 Å². The molecule has 2 aromatic rings. The first-order chi connectivity index (χ1) is 6.72. The number of aryl methyl sites for hydroxylation is 1. The van der Waals surface area contributed by atoms with Gasteiger partial charge in [0.15, 0.2) is 0 Å². The van der Waals surface area contributed by atoms with E-state index in [2.05, 4.69) is 10.5 Å². The van der Waals surface area contributed by atoms with Crippen LogP contribution in [0.2, 0.25) is 0 Å². The Bertz CT molecular complexity index is 466. The molecule has 0 unspecified atom stereocenters. The van der Waals surface area contributed by atoms with Gasteiger partial charge in [-0.2, -0.15) is 5.48 Å². The zero-order valence-electron chi connectivity index (χ0n) is 7.66. The van der Waals surface area contributed by atoms with E-state index in [9.17, 15) is 4.39 Å². The molecule has 0 aliphatic carbocycles. The molecule has 0 saturated carbocycles. The van der Waals surface area contributed by atoms with Gasteiger partial charge in [0, 0.05) is 18.1 Å². The quantitative estimate of drug-likeness (QED) is 0.708. The molecule has 2 heterocycles. The summed E-state index contributed by atoms with van der Waals surface area (Å²) in [5.41, 5.74) is 3.61. The van der Waals surface area contributed by atoms with E-state index in [0.717, 1.165) is 11.1 Å². The lowest BCUT2D eigenvalue weighted by Crippen LogP contribution is -2.09. The largest absolute Gasteiger partial charge is 0.331 e. The van der Waals surface area contributed by atoms with E-state index in [0.29, 0.717) is 12.2 Å². The second kappa shape index (κ2) is 3.36. The van der Waals surface area contributed by atoms with Crippen LogP contribution in [0, 0.1) is 5.82 Å². The molecular weight excluding hydrogens is 185 g/mol. The first kappa shape index (κ1) is 9.11. The standard InChI is InChI=1S/C9H10FN3O/c1-13-8(5-12-14)3-6-2-7(10)4-11-9(6)13/h2-4,12,14H,5H2,1H3. The van der Waals surface area contributed by atoms with E-state index < -0.39 is 0 Å². The van der Waals surface area contributed by atoms with Crippen molar-refractivity contribution in [1.82, 2.24) is 15.0 Å². The van der Waals surface area contributed by atoms with E-state index >= 15 is 0 Å². The second-order valence-corrected chi connectivity index (χ2v) is 3.10. The molecule has 4 nitrogen and oxygen atoms in total. The summed E-state index contributed by atoms with van der Waals surface area (Å²) in [6.07, 6.45) is 1.18. The highest BCUT2D eigenvalue weighted by molar-refractivity contribution is 5.77. The molecule has 74 valence electrons. The summed E-state index contributed by atoms with van der Waals surface area (Å²) < 4.78 is 14.6. The van der Waals surface area contributed by atoms with Crippen LogP contribution in [0.15, 0.2) is 18.3 Å². The average molecular weight is 195 g/mol. The van der Waals surface area contributed by atoms with Crippen molar-refractivity contribution in [3.63, 3.8) is 0 Å². The summed E-state index contributed by atoms with van der Waals surface area (Å²) >= 11 is 0. The molecular formula is C9H10FN3O. The van der Waals surface area contributed by atoms with Gasteiger partial charge in [-0.25, -0.2) is 9.37 Å². The van der Waals surface area contributed by atoms with Crippen LogP contribution in [0.1, 0.15) is 5.69 Å². The van der Waals surface area contributed by atoms with E-state index in [1.54, 1.807) is 10.6 Å². The van der Waals surface area contributed by atoms with Gasteiger partial charge < -0.3 is 9.77 Å². The zero-order chi connectivity index (χ0) is 10.1. The molecule has 2 N–H and O–H groups in total. The summed E-state index contributed by atoms with van der Waals surface area (Å²) in [6.45, 7) is 0.314. The SMILES string of the molecule is Cn1c(CNO)cc2cc(F)cnc21. The van der Waals surface area contributed by atoms with Crippen molar-refractivity contribution in [2.45, 2.75) is 6.54 Å². The van der Waals surface area contributed by atoms with Gasteiger partial charge in [0.2, 0.25) is 0 Å². The minimum atomic E-state index is -0.355. The van der Waals surface area contributed by atoms with Gasteiger partial charge >= 0.3 is 0 Å². The Morgan fingerprint density at radius 2 is 2.36 bits per heavy atom. The zero-order valence-corrected chi connectivity index (χ0v) is 7.66. The number of halogens is 1. The smallest absolute Gasteiger partial charge is 0.142 e. The molecule has 0 bridgehead atoms. The van der Waals surface area contributed by atoms with Crippen molar-refractivity contribution in [3.8, 4) is 0 Å². The van der Waals surface area contributed by atoms with Crippen LogP contribution in [0.4, 0.5) is 4.39 Å². The number of rotatable bonds is 2. The maximum absolute atomic E-state index is 12.8. The van der Waals surface area contributed by atoms with Gasteiger partial charge in [0.05, 0.1) is 12.7 Å². The molecule has 0 aliphatic heterocycles. The fourth-order valence-corrected chi connectivity index (χ4v) is 1.50. The molecule has 0 saturated heterocycles. The highest BCUT2D eigenvalue weighted by Crippen LogP contribution is 2.17. The predicted molar refractivity (Wildman–Crippen MR) is 49.3 cm³/mol. The number of hydrogen-bond donors (Lipinski definition) is 2. The van der Waals surface area contributed by atoms with Gasteiger partial charge in [-0.1, -0.05) is 0 Å². The Kier molecular flexibility index (Phi) is 2.18. The highest BCUT2D eigenvalue weighted by Gasteiger charge is 2.06. The topological polar surface area (TPSA) is 50.1 Å². The number of fused-ring (bicyclic) bond motifs is 1. The number of nitrogens with one attached hydrogen (secondary N) is 1. The molecule has 0 spiro atoms. The fourth-order valence-electron chi connectivity index (χ4n) is 1.50. The lowest BCUT2D eigenvalue weighted by molar-refractivity contribution is 0.159. The third-order valence-corrected chi connectivity index (χ3v) is 2.19. The number of pyridine rings is 1. The molecule has 0 fully saturated rings. The molecule has 0 aromatic carbocycles. The normalized spacial score (nSPS) is 11.1. The van der Waals surface area contributed by atoms with Crippen LogP contribution in [-0.4, -0.2) is 14.8 Å². The third-order valence-electron chi connectivity index (χ3n) is 2.19. The first-order valence-corrected chi connectivity index (χ1v) is 4.19. The second-order valence-electron chi connectivity index (χ2n) is 3.10. The lowest BCUT2D eigenvalue weighted by atomic mass is 10.3. The average Bonchev–Trinajstić information content (AvgIpc) is 2.44. The van der Waals surface area contributed by atoms with Crippen LogP contribution in [0.3, 0.4) is 0 Å². The minimum absolute atomic E-state index is 0.314. The Morgan fingerprint density at radius 3 is 3.07 bits per heavy atom. The van der Waals surface area contributed by atoms with Crippen molar-refractivity contribution >= 4 is 11.0 Å². The van der Waals surface area contributed by atoms with Crippen molar-refractivity contribution in [3.05, 3.63) is 29.8 Å². The fraction of sp³-hybridized carbons (Fsp3) is 0.222. The Balaban J connectivity index is 2.61. The molecule has 14 heavy (non-hydrogen) atoms. The summed E-state index contributed by atoms with van der Waals surface area (Å²) in [7, 11) is 1.82. The van der Waals surface area contributed by atoms with Gasteiger partial charge in [0.1, 0.15) is 11.5 Å². The summed E-state index contributed by atoms with van der Waals surface area (Å²) in [4.78, 5) is 3.96. The molecule has 2 aromatic heterocycles. The van der Waals surface area contributed by atoms with Crippen molar-refractivity contribution in [2.24, 2.45) is 7.05 Å². The molecule has 2 rings (SSSR count). The first-order valence-electron chi connectivity index (χ1n) is 4.19. The number of hydrogen-bond acceptors (Lipinski definition) is 3. The third kappa shape index (κ3) is 1.36. The molecule has 0 amide bonds. The van der Waals surface area contributed by atoms with E-state index in [4.69, 9.17) is 5.21 Å². The van der Waals surface area contributed by atoms with Gasteiger partial charge in [-0.3, -0.25) is 0 Å². The van der Waals surface area contributed by atoms with Crippen LogP contribution >= 0.6 is 0 Å². The number of aromatic nitrogens is 2. The van der Waals surface area contributed by atoms with Crippen molar-refractivity contribution in [1.29, 1.82) is 0 Å². The van der Waals surface area contributed by atoms with Gasteiger partial charge in [-0.05, 0) is 12.1 Å². The van der Waals surface area contributed by atoms with Crippen LogP contribution in [0.25, 0.3) is 11.0 Å². The summed E-state index contributed by atoms with van der Waals surface area (Å²) in [6, 6.07) is 3.21. The maximum Gasteiger partial charge on any atom is 0.142 e. The van der Waals surface area contributed by atoms with E-state index in [1.165, 1.54) is 12.3 Å². The summed E-state index contributed by atoms with van der Waals surface area (Å²) in [5.74, 6) is -0.355. The molecule has 0 atom stereocenters.